The molecule has 0 aliphatic heterocycles. The van der Waals surface area contributed by atoms with Crippen LogP contribution in [-0.4, -0.2) is 11.0 Å². The van der Waals surface area contributed by atoms with Gasteiger partial charge in [0.2, 0.25) is 0 Å². The van der Waals surface area contributed by atoms with E-state index < -0.39 is 0 Å². The van der Waals surface area contributed by atoms with Crippen LogP contribution in [-0.2, 0) is 0 Å². The van der Waals surface area contributed by atoms with E-state index in [1.165, 1.54) is 5.56 Å². The molecule has 0 spiro atoms. The Balaban J connectivity index is 2.69. The van der Waals surface area contributed by atoms with Gasteiger partial charge in [-0.25, -0.2) is 0 Å². The third-order valence-electron chi connectivity index (χ3n) is 2.05. The molecule has 0 unspecified atom stereocenters. The van der Waals surface area contributed by atoms with Crippen molar-refractivity contribution in [2.24, 2.45) is 0 Å². The molecule has 0 bridgehead atoms. The van der Waals surface area contributed by atoms with E-state index >= 15 is 0 Å². The van der Waals surface area contributed by atoms with Crippen LogP contribution in [0.5, 0.6) is 0 Å². The zero-order chi connectivity index (χ0) is 8.97. The third kappa shape index (κ3) is 2.22. The fourth-order valence-corrected chi connectivity index (χ4v) is 0.983. The van der Waals surface area contributed by atoms with E-state index in [0.717, 1.165) is 12.1 Å². The number of anilines is 1. The van der Waals surface area contributed by atoms with Gasteiger partial charge in [-0.15, -0.1) is 0 Å². The van der Waals surface area contributed by atoms with Crippen molar-refractivity contribution in [1.82, 2.24) is 4.98 Å². The van der Waals surface area contributed by atoms with Crippen molar-refractivity contribution >= 4 is 5.69 Å². The highest BCUT2D eigenvalue weighted by molar-refractivity contribution is 5.48. The summed E-state index contributed by atoms with van der Waals surface area (Å²) in [6.07, 6.45) is 4.83. The van der Waals surface area contributed by atoms with Crippen LogP contribution < -0.4 is 5.32 Å². The maximum Gasteiger partial charge on any atom is 0.0558 e. The number of hydrogen-bond acceptors (Lipinski definition) is 2. The Hall–Kier alpha value is -1.05. The summed E-state index contributed by atoms with van der Waals surface area (Å²) in [5.74, 6) is 0. The van der Waals surface area contributed by atoms with E-state index in [9.17, 15) is 0 Å². The lowest BCUT2D eigenvalue weighted by Crippen LogP contribution is -2.14. The molecular formula is C10H16N2. The first-order valence-electron chi connectivity index (χ1n) is 4.41. The molecule has 0 radical (unpaired) electrons. The number of rotatable bonds is 3. The molecule has 12 heavy (non-hydrogen) atoms. The highest BCUT2D eigenvalue weighted by atomic mass is 14.9. The van der Waals surface area contributed by atoms with Gasteiger partial charge in [0.05, 0.1) is 11.9 Å². The van der Waals surface area contributed by atoms with Crippen molar-refractivity contribution in [2.75, 3.05) is 5.32 Å². The standard InChI is InChI=1S/C10H16N2/c1-4-9(3)12-10-7-11-6-5-8(10)2/h5-7,9,12H,4H2,1-3H3/t9-/m0/s1. The molecule has 0 saturated carbocycles. The summed E-state index contributed by atoms with van der Waals surface area (Å²) in [4.78, 5) is 4.07. The van der Waals surface area contributed by atoms with Crippen molar-refractivity contribution in [3.05, 3.63) is 24.0 Å². The van der Waals surface area contributed by atoms with E-state index in [0.29, 0.717) is 6.04 Å². The molecule has 0 aromatic carbocycles. The van der Waals surface area contributed by atoms with Gasteiger partial charge < -0.3 is 5.32 Å². The van der Waals surface area contributed by atoms with Crippen molar-refractivity contribution in [2.45, 2.75) is 33.2 Å². The molecule has 66 valence electrons. The molecule has 0 saturated heterocycles. The molecule has 2 heteroatoms. The second-order valence-electron chi connectivity index (χ2n) is 3.14. The molecule has 1 aromatic heterocycles. The quantitative estimate of drug-likeness (QED) is 0.742. The Morgan fingerprint density at radius 2 is 2.33 bits per heavy atom. The molecule has 2 nitrogen and oxygen atoms in total. The molecule has 1 aromatic rings. The molecule has 0 aliphatic rings. The number of pyridine rings is 1. The minimum atomic E-state index is 0.521. The van der Waals surface area contributed by atoms with Crippen LogP contribution >= 0.6 is 0 Å². The van der Waals surface area contributed by atoms with E-state index in [1.807, 2.05) is 18.5 Å². The Bertz CT molecular complexity index is 245. The van der Waals surface area contributed by atoms with Crippen molar-refractivity contribution in [3.63, 3.8) is 0 Å². The summed E-state index contributed by atoms with van der Waals surface area (Å²) < 4.78 is 0. The van der Waals surface area contributed by atoms with Gasteiger partial charge >= 0.3 is 0 Å². The highest BCUT2D eigenvalue weighted by Gasteiger charge is 2.00. The third-order valence-corrected chi connectivity index (χ3v) is 2.05. The lowest BCUT2D eigenvalue weighted by Gasteiger charge is -2.14. The zero-order valence-corrected chi connectivity index (χ0v) is 7.96. The second-order valence-corrected chi connectivity index (χ2v) is 3.14. The first-order valence-corrected chi connectivity index (χ1v) is 4.41. The maximum atomic E-state index is 4.07. The highest BCUT2D eigenvalue weighted by Crippen LogP contribution is 2.13. The number of aryl methyl sites for hydroxylation is 1. The van der Waals surface area contributed by atoms with Crippen LogP contribution in [0.2, 0.25) is 0 Å². The van der Waals surface area contributed by atoms with E-state index in [-0.39, 0.29) is 0 Å². The first-order chi connectivity index (χ1) is 5.74. The lowest BCUT2D eigenvalue weighted by atomic mass is 10.2. The van der Waals surface area contributed by atoms with Gasteiger partial charge in [-0.3, -0.25) is 4.98 Å². The van der Waals surface area contributed by atoms with Crippen LogP contribution in [0, 0.1) is 6.92 Å². The zero-order valence-electron chi connectivity index (χ0n) is 7.96. The van der Waals surface area contributed by atoms with Gasteiger partial charge in [0.1, 0.15) is 0 Å². The predicted molar refractivity (Wildman–Crippen MR) is 52.3 cm³/mol. The van der Waals surface area contributed by atoms with Crippen LogP contribution in [0.1, 0.15) is 25.8 Å². The minimum Gasteiger partial charge on any atom is -0.381 e. The Morgan fingerprint density at radius 1 is 1.58 bits per heavy atom. The molecule has 1 atom stereocenters. The van der Waals surface area contributed by atoms with Crippen LogP contribution in [0.3, 0.4) is 0 Å². The first kappa shape index (κ1) is 9.04. The maximum absolute atomic E-state index is 4.07. The van der Waals surface area contributed by atoms with Gasteiger partial charge in [0.25, 0.3) is 0 Å². The Morgan fingerprint density at radius 3 is 2.92 bits per heavy atom. The smallest absolute Gasteiger partial charge is 0.0558 e. The molecular weight excluding hydrogens is 148 g/mol. The van der Waals surface area contributed by atoms with Crippen molar-refractivity contribution < 1.29 is 0 Å². The van der Waals surface area contributed by atoms with Crippen molar-refractivity contribution in [1.29, 1.82) is 0 Å². The largest absolute Gasteiger partial charge is 0.381 e. The number of nitrogens with one attached hydrogen (secondary N) is 1. The van der Waals surface area contributed by atoms with Gasteiger partial charge in [0.15, 0.2) is 0 Å². The second kappa shape index (κ2) is 4.10. The summed E-state index contributed by atoms with van der Waals surface area (Å²) in [6.45, 7) is 6.43. The SMILES string of the molecule is CC[C@H](C)Nc1cnccc1C. The van der Waals surface area contributed by atoms with Crippen LogP contribution in [0.25, 0.3) is 0 Å². The lowest BCUT2D eigenvalue weighted by molar-refractivity contribution is 0.762. The van der Waals surface area contributed by atoms with Gasteiger partial charge in [-0.05, 0) is 31.9 Å². The molecule has 1 N–H and O–H groups in total. The monoisotopic (exact) mass is 164 g/mol. The molecule has 0 aliphatic carbocycles. The topological polar surface area (TPSA) is 24.9 Å². The predicted octanol–water partition coefficient (Wildman–Crippen LogP) is 2.60. The number of hydrogen-bond donors (Lipinski definition) is 1. The van der Waals surface area contributed by atoms with Crippen molar-refractivity contribution in [3.8, 4) is 0 Å². The van der Waals surface area contributed by atoms with E-state index in [1.54, 1.807) is 0 Å². The molecule has 0 fully saturated rings. The fraction of sp³-hybridized carbons (Fsp3) is 0.500. The average molecular weight is 164 g/mol. The normalized spacial score (nSPS) is 12.6. The minimum absolute atomic E-state index is 0.521. The Labute approximate surface area is 74.0 Å². The van der Waals surface area contributed by atoms with Gasteiger partial charge in [-0.1, -0.05) is 6.92 Å². The number of nitrogens with zero attached hydrogens (tertiary/aromatic N) is 1. The summed E-state index contributed by atoms with van der Waals surface area (Å²) in [5.41, 5.74) is 2.40. The van der Waals surface area contributed by atoms with Gasteiger partial charge in [0, 0.05) is 12.2 Å². The van der Waals surface area contributed by atoms with E-state index in [2.05, 4.69) is 31.1 Å². The Kier molecular flexibility index (Phi) is 3.09. The summed E-state index contributed by atoms with van der Waals surface area (Å²) in [6, 6.07) is 2.54. The van der Waals surface area contributed by atoms with Crippen LogP contribution in [0.15, 0.2) is 18.5 Å². The molecule has 1 heterocycles. The molecule has 0 amide bonds. The van der Waals surface area contributed by atoms with Gasteiger partial charge in [-0.2, -0.15) is 0 Å². The van der Waals surface area contributed by atoms with E-state index in [4.69, 9.17) is 0 Å². The number of aromatic nitrogens is 1. The fourth-order valence-electron chi connectivity index (χ4n) is 0.983. The summed E-state index contributed by atoms with van der Waals surface area (Å²) >= 11 is 0. The summed E-state index contributed by atoms with van der Waals surface area (Å²) in [5, 5.41) is 3.40. The van der Waals surface area contributed by atoms with Crippen LogP contribution in [0.4, 0.5) is 5.69 Å². The molecule has 1 rings (SSSR count). The summed E-state index contributed by atoms with van der Waals surface area (Å²) in [7, 11) is 0. The average Bonchev–Trinajstić information content (AvgIpc) is 2.09.